The van der Waals surface area contributed by atoms with Crippen LogP contribution in [0.1, 0.15) is 10.4 Å². The van der Waals surface area contributed by atoms with Gasteiger partial charge >= 0.3 is 5.57 Å². The average molecular weight is 559 g/mol. The number of anilines is 2. The summed E-state index contributed by atoms with van der Waals surface area (Å²) in [6, 6.07) is 10.3. The molecular formula is C26H29ClF2N8O2. The number of carbonyl (C=O) groups is 1. The minimum atomic E-state index is -3.81. The fraction of sp³-hybridized carbons (Fsp3) is 0.423. The Kier molecular flexibility index (Phi) is 7.10. The number of rotatable bonds is 8. The molecule has 10 nitrogen and oxygen atoms in total. The summed E-state index contributed by atoms with van der Waals surface area (Å²) < 4.78 is 30.0. The first-order chi connectivity index (χ1) is 18.8. The van der Waals surface area contributed by atoms with Gasteiger partial charge in [-0.2, -0.15) is 5.10 Å². The molecule has 3 saturated heterocycles. The lowest BCUT2D eigenvalue weighted by atomic mass is 10.0. The third kappa shape index (κ3) is 5.83. The number of nitrogens with one attached hydrogen (secondary N) is 3. The maximum absolute atomic E-state index is 13.0. The number of alkyl halides is 3. The second-order valence-electron chi connectivity index (χ2n) is 10.0. The topological polar surface area (TPSA) is 102 Å². The summed E-state index contributed by atoms with van der Waals surface area (Å²) in [4.78, 5) is 25.1. The van der Waals surface area contributed by atoms with Crippen LogP contribution in [0.3, 0.4) is 0 Å². The summed E-state index contributed by atoms with van der Waals surface area (Å²) in [5.74, 6) is 0.299. The van der Waals surface area contributed by atoms with Crippen LogP contribution in [0.2, 0.25) is 0 Å². The Morgan fingerprint density at radius 2 is 1.74 bits per heavy atom. The third-order valence-electron chi connectivity index (χ3n) is 7.57. The predicted molar refractivity (Wildman–Crippen MR) is 143 cm³/mol. The van der Waals surface area contributed by atoms with Gasteiger partial charge in [-0.05, 0) is 36.4 Å². The molecule has 6 rings (SSSR count). The lowest BCUT2D eigenvalue weighted by molar-refractivity contribution is -0.0964. The van der Waals surface area contributed by atoms with Crippen molar-refractivity contribution in [3.8, 4) is 17.0 Å². The number of aromatic amines is 1. The zero-order valence-corrected chi connectivity index (χ0v) is 21.9. The standard InChI is InChI=1S/C26H29ClF2N8O2/c27-26(28,29)39-21-3-1-18(2-4-21)33-25(38)17-11-22(23-5-6-32-34-23)24(31-12-17)37-15-20(16-37)36-9-7-35(8-10-36)19-13-30-14-19/h1-6,11-12,19-20,30H,7-10,13-16H2,(H,32,34)(H,33,38). The van der Waals surface area contributed by atoms with E-state index in [9.17, 15) is 13.6 Å². The van der Waals surface area contributed by atoms with E-state index >= 15 is 0 Å². The molecule has 39 heavy (non-hydrogen) atoms. The van der Waals surface area contributed by atoms with Crippen LogP contribution in [-0.2, 0) is 0 Å². The molecule has 0 atom stereocenters. The molecule has 1 amide bonds. The van der Waals surface area contributed by atoms with Crippen LogP contribution in [0, 0.1) is 0 Å². The monoisotopic (exact) mass is 558 g/mol. The van der Waals surface area contributed by atoms with Gasteiger partial charge in [-0.25, -0.2) is 4.98 Å². The second-order valence-corrected chi connectivity index (χ2v) is 10.5. The average Bonchev–Trinajstić information content (AvgIpc) is 3.38. The van der Waals surface area contributed by atoms with Gasteiger partial charge in [-0.1, -0.05) is 0 Å². The molecular weight excluding hydrogens is 530 g/mol. The first-order valence-electron chi connectivity index (χ1n) is 12.9. The molecule has 206 valence electrons. The molecule has 5 heterocycles. The van der Waals surface area contributed by atoms with Gasteiger partial charge in [0.2, 0.25) is 0 Å². The highest BCUT2D eigenvalue weighted by Gasteiger charge is 2.37. The molecule has 0 saturated carbocycles. The molecule has 3 fully saturated rings. The van der Waals surface area contributed by atoms with Gasteiger partial charge in [-0.3, -0.25) is 19.7 Å². The van der Waals surface area contributed by atoms with Crippen molar-refractivity contribution in [2.75, 3.05) is 62.6 Å². The van der Waals surface area contributed by atoms with E-state index in [0.29, 0.717) is 23.3 Å². The zero-order valence-electron chi connectivity index (χ0n) is 21.1. The molecule has 0 radical (unpaired) electrons. The third-order valence-corrected chi connectivity index (χ3v) is 7.65. The number of hydrogen-bond acceptors (Lipinski definition) is 8. The minimum absolute atomic E-state index is 0.119. The number of piperazine rings is 1. The highest BCUT2D eigenvalue weighted by atomic mass is 35.5. The van der Waals surface area contributed by atoms with E-state index in [-0.39, 0.29) is 11.7 Å². The lowest BCUT2D eigenvalue weighted by Crippen LogP contribution is -2.66. The first-order valence-corrected chi connectivity index (χ1v) is 13.3. The highest BCUT2D eigenvalue weighted by molar-refractivity contribution is 6.20. The van der Waals surface area contributed by atoms with E-state index in [4.69, 9.17) is 11.6 Å². The van der Waals surface area contributed by atoms with Crippen LogP contribution in [0.4, 0.5) is 20.3 Å². The molecule has 0 spiro atoms. The molecule has 3 aliphatic heterocycles. The number of halogens is 3. The molecule has 1 aromatic carbocycles. The molecule has 3 N–H and O–H groups in total. The van der Waals surface area contributed by atoms with Crippen LogP contribution in [0.25, 0.3) is 11.3 Å². The maximum Gasteiger partial charge on any atom is 0.487 e. The second kappa shape index (κ2) is 10.7. The van der Waals surface area contributed by atoms with Crippen molar-refractivity contribution in [2.45, 2.75) is 17.7 Å². The molecule has 0 aliphatic carbocycles. The number of ether oxygens (including phenoxy) is 1. The normalized spacial score (nSPS) is 19.4. The minimum Gasteiger partial charge on any atom is -0.420 e. The van der Waals surface area contributed by atoms with Crippen molar-refractivity contribution in [1.29, 1.82) is 0 Å². The number of carbonyl (C=O) groups excluding carboxylic acids is 1. The number of pyridine rings is 1. The Bertz CT molecular complexity index is 1290. The summed E-state index contributed by atoms with van der Waals surface area (Å²) in [6.07, 6.45) is 3.21. The summed E-state index contributed by atoms with van der Waals surface area (Å²) in [5.41, 5.74) is -1.48. The summed E-state index contributed by atoms with van der Waals surface area (Å²) in [7, 11) is 0. The lowest BCUT2D eigenvalue weighted by Gasteiger charge is -2.50. The summed E-state index contributed by atoms with van der Waals surface area (Å²) in [5, 5.41) is 13.2. The van der Waals surface area contributed by atoms with Crippen LogP contribution >= 0.6 is 11.6 Å². The number of hydrogen-bond donors (Lipinski definition) is 3. The fourth-order valence-electron chi connectivity index (χ4n) is 5.24. The Labute approximate surface area is 229 Å². The van der Waals surface area contributed by atoms with Crippen molar-refractivity contribution in [2.24, 2.45) is 0 Å². The van der Waals surface area contributed by atoms with Crippen molar-refractivity contribution in [3.63, 3.8) is 0 Å². The Balaban J connectivity index is 1.11. The predicted octanol–water partition coefficient (Wildman–Crippen LogP) is 2.67. The van der Waals surface area contributed by atoms with E-state index in [1.54, 1.807) is 18.5 Å². The Hall–Kier alpha value is -3.32. The van der Waals surface area contributed by atoms with Crippen molar-refractivity contribution in [1.82, 2.24) is 30.3 Å². The van der Waals surface area contributed by atoms with Gasteiger partial charge in [0.25, 0.3) is 5.91 Å². The maximum atomic E-state index is 13.0. The number of benzene rings is 1. The highest BCUT2D eigenvalue weighted by Crippen LogP contribution is 2.33. The quantitative estimate of drug-likeness (QED) is 0.363. The van der Waals surface area contributed by atoms with Crippen LogP contribution in [0.5, 0.6) is 5.75 Å². The van der Waals surface area contributed by atoms with Crippen molar-refractivity contribution >= 4 is 29.0 Å². The van der Waals surface area contributed by atoms with Gasteiger partial charge in [0.05, 0.1) is 11.3 Å². The molecule has 13 heteroatoms. The van der Waals surface area contributed by atoms with E-state index in [1.807, 2.05) is 6.07 Å². The smallest absolute Gasteiger partial charge is 0.420 e. The Morgan fingerprint density at radius 3 is 2.33 bits per heavy atom. The van der Waals surface area contributed by atoms with Crippen molar-refractivity contribution in [3.05, 3.63) is 54.4 Å². The zero-order chi connectivity index (χ0) is 27.0. The molecule has 3 aliphatic rings. The van der Waals surface area contributed by atoms with Gasteiger partial charge < -0.3 is 20.3 Å². The number of amides is 1. The van der Waals surface area contributed by atoms with E-state index < -0.39 is 5.57 Å². The van der Waals surface area contributed by atoms with Gasteiger partial charge in [0.15, 0.2) is 0 Å². The largest absolute Gasteiger partial charge is 0.487 e. The number of aromatic nitrogens is 3. The molecule has 2 aromatic heterocycles. The van der Waals surface area contributed by atoms with Gasteiger partial charge in [0.1, 0.15) is 11.6 Å². The Morgan fingerprint density at radius 1 is 1.05 bits per heavy atom. The summed E-state index contributed by atoms with van der Waals surface area (Å²) >= 11 is 4.80. The summed E-state index contributed by atoms with van der Waals surface area (Å²) in [6.45, 7) is 8.33. The fourth-order valence-corrected chi connectivity index (χ4v) is 5.33. The number of nitrogens with zero attached hydrogens (tertiary/aromatic N) is 5. The van der Waals surface area contributed by atoms with E-state index in [1.165, 1.54) is 24.3 Å². The first kappa shape index (κ1) is 25.9. The van der Waals surface area contributed by atoms with E-state index in [2.05, 4.69) is 45.3 Å². The number of H-pyrrole nitrogens is 1. The molecule has 0 unspecified atom stereocenters. The van der Waals surface area contributed by atoms with Crippen LogP contribution in [-0.4, -0.2) is 101 Å². The van der Waals surface area contributed by atoms with Gasteiger partial charge in [-0.15, -0.1) is 8.78 Å². The molecule has 3 aromatic rings. The van der Waals surface area contributed by atoms with Gasteiger partial charge in [0, 0.05) is 99.7 Å². The van der Waals surface area contributed by atoms with E-state index in [0.717, 1.165) is 69.4 Å². The van der Waals surface area contributed by atoms with Crippen molar-refractivity contribution < 1.29 is 18.3 Å². The van der Waals surface area contributed by atoms with Crippen LogP contribution in [0.15, 0.2) is 48.8 Å². The SMILES string of the molecule is O=C(Nc1ccc(OC(F)(F)Cl)cc1)c1cnc(N2CC(N3CCN(C4CNC4)CC3)C2)c(-c2ccn[nH]2)c1. The van der Waals surface area contributed by atoms with Crippen LogP contribution < -0.4 is 20.3 Å². The molecule has 0 bridgehead atoms.